The lowest BCUT2D eigenvalue weighted by molar-refractivity contribution is -0.130. The van der Waals surface area contributed by atoms with E-state index in [0.717, 1.165) is 57.3 Å². The van der Waals surface area contributed by atoms with E-state index in [-0.39, 0.29) is 24.5 Å². The number of rotatable bonds is 12. The molecule has 1 atom stereocenters. The predicted molar refractivity (Wildman–Crippen MR) is 140 cm³/mol. The van der Waals surface area contributed by atoms with E-state index in [1.807, 2.05) is 30.9 Å². The maximum Gasteiger partial charge on any atom is 0.318 e. The fraction of sp³-hybridized carbons (Fsp3) is 0.692. The number of sulfone groups is 1. The summed E-state index contributed by atoms with van der Waals surface area (Å²) >= 11 is 0. The SMILES string of the molecule is CCCN(CCCCN1CCCN(C(=O)NC(C)C)CC1=O)C(C)Cc1ccc(S(C)(=O)=O)cc1. The molecule has 1 N–H and O–H groups in total. The van der Waals surface area contributed by atoms with Crippen molar-refractivity contribution in [1.29, 1.82) is 0 Å². The second-order valence-electron chi connectivity index (χ2n) is 9.97. The first-order valence-corrected chi connectivity index (χ1v) is 14.8. The lowest BCUT2D eigenvalue weighted by Crippen LogP contribution is -2.46. The van der Waals surface area contributed by atoms with Crippen LogP contribution in [0.25, 0.3) is 0 Å². The maximum atomic E-state index is 12.7. The molecule has 1 heterocycles. The van der Waals surface area contributed by atoms with Crippen molar-refractivity contribution in [3.63, 3.8) is 0 Å². The Kier molecular flexibility index (Phi) is 11.5. The summed E-state index contributed by atoms with van der Waals surface area (Å²) < 4.78 is 23.4. The highest BCUT2D eigenvalue weighted by Gasteiger charge is 2.25. The fourth-order valence-corrected chi connectivity index (χ4v) is 5.10. The van der Waals surface area contributed by atoms with Crippen LogP contribution in [0.5, 0.6) is 0 Å². The molecule has 2 rings (SSSR count). The molecule has 3 amide bonds. The second kappa shape index (κ2) is 13.8. The molecule has 0 spiro atoms. The Hall–Kier alpha value is -2.13. The minimum Gasteiger partial charge on any atom is -0.341 e. The molecule has 35 heavy (non-hydrogen) atoms. The topological polar surface area (TPSA) is 90.0 Å². The smallest absolute Gasteiger partial charge is 0.318 e. The lowest BCUT2D eigenvalue weighted by Gasteiger charge is -2.29. The molecule has 1 aromatic rings. The molecule has 1 fully saturated rings. The molecule has 1 aliphatic heterocycles. The second-order valence-corrected chi connectivity index (χ2v) is 12.0. The lowest BCUT2D eigenvalue weighted by atomic mass is 10.1. The number of amides is 3. The summed E-state index contributed by atoms with van der Waals surface area (Å²) in [6.45, 7) is 12.4. The number of nitrogens with zero attached hydrogens (tertiary/aromatic N) is 3. The normalized spacial score (nSPS) is 16.0. The Morgan fingerprint density at radius 1 is 1.09 bits per heavy atom. The number of nitrogens with one attached hydrogen (secondary N) is 1. The first-order valence-electron chi connectivity index (χ1n) is 12.9. The number of benzene rings is 1. The van der Waals surface area contributed by atoms with Crippen molar-refractivity contribution in [2.75, 3.05) is 45.5 Å². The van der Waals surface area contributed by atoms with Gasteiger partial charge in [0, 0.05) is 38.0 Å². The van der Waals surface area contributed by atoms with Gasteiger partial charge >= 0.3 is 6.03 Å². The number of hydrogen-bond acceptors (Lipinski definition) is 5. The highest BCUT2D eigenvalue weighted by Crippen LogP contribution is 2.15. The van der Waals surface area contributed by atoms with Crippen LogP contribution in [0, 0.1) is 0 Å². The largest absolute Gasteiger partial charge is 0.341 e. The number of hydrogen-bond donors (Lipinski definition) is 1. The summed E-state index contributed by atoms with van der Waals surface area (Å²) in [6, 6.07) is 7.43. The standard InChI is InChI=1S/C26H44N4O4S/c1-6-14-28(22(4)19-23-10-12-24(13-11-23)35(5,33)34)15-7-8-16-29-17-9-18-30(20-25(29)31)26(32)27-21(2)3/h10-13,21-22H,6-9,14-20H2,1-5H3,(H,27,32). The average Bonchev–Trinajstić information content (AvgIpc) is 2.96. The third-order valence-corrected chi connectivity index (χ3v) is 7.50. The fourth-order valence-electron chi connectivity index (χ4n) is 4.47. The molecular weight excluding hydrogens is 464 g/mol. The zero-order chi connectivity index (χ0) is 26.0. The molecule has 198 valence electrons. The molecule has 8 nitrogen and oxygen atoms in total. The van der Waals surface area contributed by atoms with Gasteiger partial charge in [0.1, 0.15) is 6.54 Å². The van der Waals surface area contributed by atoms with Crippen molar-refractivity contribution in [2.45, 2.75) is 76.8 Å². The van der Waals surface area contributed by atoms with Crippen molar-refractivity contribution in [2.24, 2.45) is 0 Å². The summed E-state index contributed by atoms with van der Waals surface area (Å²) in [4.78, 5) is 31.3. The van der Waals surface area contributed by atoms with Gasteiger partial charge in [0.15, 0.2) is 9.84 Å². The van der Waals surface area contributed by atoms with Gasteiger partial charge in [-0.1, -0.05) is 19.1 Å². The van der Waals surface area contributed by atoms with Crippen LogP contribution in [-0.4, -0.2) is 92.7 Å². The van der Waals surface area contributed by atoms with Crippen LogP contribution < -0.4 is 5.32 Å². The molecule has 0 bridgehead atoms. The molecule has 1 aromatic carbocycles. The number of carbonyl (C=O) groups is 2. The molecule has 0 radical (unpaired) electrons. The van der Waals surface area contributed by atoms with Crippen molar-refractivity contribution < 1.29 is 18.0 Å². The average molecular weight is 509 g/mol. The molecule has 0 saturated carbocycles. The molecule has 1 unspecified atom stereocenters. The van der Waals surface area contributed by atoms with Gasteiger partial charge in [0.2, 0.25) is 5.91 Å². The molecule has 1 aliphatic rings. The van der Waals surface area contributed by atoms with Crippen LogP contribution in [0.4, 0.5) is 4.79 Å². The third kappa shape index (κ3) is 9.80. The highest BCUT2D eigenvalue weighted by atomic mass is 32.2. The van der Waals surface area contributed by atoms with E-state index < -0.39 is 9.84 Å². The zero-order valence-corrected chi connectivity index (χ0v) is 22.9. The first-order chi connectivity index (χ1) is 16.5. The monoisotopic (exact) mass is 508 g/mol. The van der Waals surface area contributed by atoms with Gasteiger partial charge in [-0.25, -0.2) is 13.2 Å². The van der Waals surface area contributed by atoms with Crippen LogP contribution in [-0.2, 0) is 21.1 Å². The number of urea groups is 1. The van der Waals surface area contributed by atoms with Crippen LogP contribution in [0.3, 0.4) is 0 Å². The van der Waals surface area contributed by atoms with E-state index in [2.05, 4.69) is 24.1 Å². The van der Waals surface area contributed by atoms with E-state index in [1.165, 1.54) is 6.26 Å². The highest BCUT2D eigenvalue weighted by molar-refractivity contribution is 7.90. The summed E-state index contributed by atoms with van der Waals surface area (Å²) in [5, 5.41) is 2.87. The van der Waals surface area contributed by atoms with Gasteiger partial charge in [0.25, 0.3) is 0 Å². The summed E-state index contributed by atoms with van der Waals surface area (Å²) in [5.74, 6) is 0.0257. The van der Waals surface area contributed by atoms with Gasteiger partial charge in [-0.15, -0.1) is 0 Å². The Morgan fingerprint density at radius 2 is 1.77 bits per heavy atom. The molecule has 9 heteroatoms. The molecule has 0 aliphatic carbocycles. The summed E-state index contributed by atoms with van der Waals surface area (Å²) in [7, 11) is -3.18. The van der Waals surface area contributed by atoms with Gasteiger partial charge < -0.3 is 20.0 Å². The van der Waals surface area contributed by atoms with Crippen LogP contribution in [0.1, 0.15) is 58.9 Å². The predicted octanol–water partition coefficient (Wildman–Crippen LogP) is 3.17. The molecular formula is C26H44N4O4S. The summed E-state index contributed by atoms with van der Waals surface area (Å²) in [5.41, 5.74) is 1.13. The van der Waals surface area contributed by atoms with E-state index in [9.17, 15) is 18.0 Å². The Bertz CT molecular complexity index is 918. The Labute approximate surface area is 212 Å². The minimum absolute atomic E-state index is 0.0257. The quantitative estimate of drug-likeness (QED) is 0.438. The Balaban J connectivity index is 1.81. The van der Waals surface area contributed by atoms with Gasteiger partial charge in [-0.05, 0) is 83.7 Å². The van der Waals surface area contributed by atoms with Crippen molar-refractivity contribution >= 4 is 21.8 Å². The van der Waals surface area contributed by atoms with Crippen LogP contribution >= 0.6 is 0 Å². The molecule has 0 aromatic heterocycles. The Morgan fingerprint density at radius 3 is 2.37 bits per heavy atom. The van der Waals surface area contributed by atoms with Crippen molar-refractivity contribution in [1.82, 2.24) is 20.0 Å². The van der Waals surface area contributed by atoms with Crippen molar-refractivity contribution in [3.8, 4) is 0 Å². The van der Waals surface area contributed by atoms with Gasteiger partial charge in [-0.3, -0.25) is 4.79 Å². The zero-order valence-electron chi connectivity index (χ0n) is 22.1. The maximum absolute atomic E-state index is 12.7. The van der Waals surface area contributed by atoms with Gasteiger partial charge in [-0.2, -0.15) is 0 Å². The summed E-state index contributed by atoms with van der Waals surface area (Å²) in [6.07, 6.45) is 5.89. The number of carbonyl (C=O) groups excluding carboxylic acids is 2. The van der Waals surface area contributed by atoms with E-state index >= 15 is 0 Å². The van der Waals surface area contributed by atoms with E-state index in [4.69, 9.17) is 0 Å². The van der Waals surface area contributed by atoms with Crippen molar-refractivity contribution in [3.05, 3.63) is 29.8 Å². The van der Waals surface area contributed by atoms with E-state index in [1.54, 1.807) is 17.0 Å². The van der Waals surface area contributed by atoms with Crippen LogP contribution in [0.2, 0.25) is 0 Å². The minimum atomic E-state index is -3.18. The van der Waals surface area contributed by atoms with Gasteiger partial charge in [0.05, 0.1) is 4.90 Å². The van der Waals surface area contributed by atoms with E-state index in [0.29, 0.717) is 24.0 Å². The number of unbranched alkanes of at least 4 members (excludes halogenated alkanes) is 1. The first kappa shape index (κ1) is 29.1. The third-order valence-electron chi connectivity index (χ3n) is 6.37. The molecule has 1 saturated heterocycles. The van der Waals surface area contributed by atoms with Crippen LogP contribution in [0.15, 0.2) is 29.2 Å².